The average molecular weight is 360 g/mol. The second kappa shape index (κ2) is 7.67. The van der Waals surface area contributed by atoms with E-state index in [2.05, 4.69) is 10.8 Å². The quantitative estimate of drug-likeness (QED) is 0.632. The van der Waals surface area contributed by atoms with Crippen LogP contribution in [0.4, 0.5) is 11.4 Å². The molecule has 4 heteroatoms. The first-order valence-electron chi connectivity index (χ1n) is 8.79. The van der Waals surface area contributed by atoms with Crippen molar-refractivity contribution in [2.24, 2.45) is 0 Å². The first-order chi connectivity index (χ1) is 12.8. The van der Waals surface area contributed by atoms with Gasteiger partial charge in [0.05, 0.1) is 0 Å². The van der Waals surface area contributed by atoms with E-state index in [1.54, 1.807) is 11.9 Å². The fraction of sp³-hybridized carbons (Fsp3) is 0.136. The van der Waals surface area contributed by atoms with Crippen LogP contribution in [0.3, 0.4) is 0 Å². The van der Waals surface area contributed by atoms with Gasteiger partial charge in [-0.15, -0.1) is 0 Å². The lowest BCUT2D eigenvalue weighted by atomic mass is 10.0. The van der Waals surface area contributed by atoms with Crippen molar-refractivity contribution < 1.29 is 4.79 Å². The van der Waals surface area contributed by atoms with E-state index in [0.717, 1.165) is 41.2 Å². The summed E-state index contributed by atoms with van der Waals surface area (Å²) in [6.45, 7) is 0.780. The van der Waals surface area contributed by atoms with Gasteiger partial charge in [0, 0.05) is 28.4 Å². The van der Waals surface area contributed by atoms with Gasteiger partial charge in [-0.05, 0) is 72.8 Å². The number of rotatable bonds is 4. The van der Waals surface area contributed by atoms with Crippen LogP contribution in [0.25, 0.3) is 0 Å². The average Bonchev–Trinajstić information content (AvgIpc) is 2.72. The van der Waals surface area contributed by atoms with Crippen molar-refractivity contribution in [3.05, 3.63) is 90.0 Å². The molecule has 3 aromatic carbocycles. The van der Waals surface area contributed by atoms with E-state index in [-0.39, 0.29) is 5.91 Å². The lowest BCUT2D eigenvalue weighted by Crippen LogP contribution is -2.35. The van der Waals surface area contributed by atoms with Crippen LogP contribution < -0.4 is 9.62 Å². The van der Waals surface area contributed by atoms with E-state index in [9.17, 15) is 4.79 Å². The minimum Gasteiger partial charge on any atom is -0.326 e. The predicted octanol–water partition coefficient (Wildman–Crippen LogP) is 5.40. The van der Waals surface area contributed by atoms with Crippen molar-refractivity contribution in [2.75, 3.05) is 16.2 Å². The van der Waals surface area contributed by atoms with E-state index < -0.39 is 0 Å². The van der Waals surface area contributed by atoms with Gasteiger partial charge in [0.25, 0.3) is 5.91 Å². The second-order valence-electron chi connectivity index (χ2n) is 6.28. The molecule has 0 unspecified atom stereocenters. The molecule has 0 aromatic heterocycles. The molecule has 0 atom stereocenters. The monoisotopic (exact) mass is 360 g/mol. The molecule has 3 aromatic rings. The van der Waals surface area contributed by atoms with Gasteiger partial charge in [-0.3, -0.25) is 4.79 Å². The standard InChI is InChI=1S/C22H20N2OS/c25-22(24-16-6-8-17-7-4-5-11-21(17)24)18-12-14-20(15-13-18)26-23-19-9-2-1-3-10-19/h1-5,7,9-15,23H,6,8,16H2. The van der Waals surface area contributed by atoms with Crippen molar-refractivity contribution in [3.8, 4) is 0 Å². The number of fused-ring (bicyclic) bond motifs is 1. The SMILES string of the molecule is O=C(c1ccc(SNc2ccccc2)cc1)N1CCCc2ccccc21. The Morgan fingerprint density at radius 2 is 1.62 bits per heavy atom. The van der Waals surface area contributed by atoms with Gasteiger partial charge in [0.2, 0.25) is 0 Å². The molecule has 0 fully saturated rings. The molecule has 3 nitrogen and oxygen atoms in total. The third-order valence-electron chi connectivity index (χ3n) is 4.52. The zero-order valence-electron chi connectivity index (χ0n) is 14.4. The van der Waals surface area contributed by atoms with Crippen molar-refractivity contribution in [1.29, 1.82) is 0 Å². The molecule has 0 bridgehead atoms. The van der Waals surface area contributed by atoms with Crippen molar-refractivity contribution in [3.63, 3.8) is 0 Å². The zero-order valence-corrected chi connectivity index (χ0v) is 15.2. The molecule has 4 rings (SSSR count). The highest BCUT2D eigenvalue weighted by atomic mass is 32.2. The van der Waals surface area contributed by atoms with Gasteiger partial charge in [0.1, 0.15) is 0 Å². The molecule has 0 saturated carbocycles. The number of benzene rings is 3. The molecule has 130 valence electrons. The summed E-state index contributed by atoms with van der Waals surface area (Å²) in [7, 11) is 0. The number of hydrogen-bond donors (Lipinski definition) is 1. The van der Waals surface area contributed by atoms with Crippen LogP contribution in [0.5, 0.6) is 0 Å². The molecule has 1 aliphatic rings. The van der Waals surface area contributed by atoms with Crippen LogP contribution in [0.1, 0.15) is 22.3 Å². The lowest BCUT2D eigenvalue weighted by Gasteiger charge is -2.29. The van der Waals surface area contributed by atoms with E-state index in [0.29, 0.717) is 0 Å². The Labute approximate surface area is 158 Å². The molecule has 26 heavy (non-hydrogen) atoms. The number of nitrogens with zero attached hydrogens (tertiary/aromatic N) is 1. The van der Waals surface area contributed by atoms with Crippen LogP contribution in [0.15, 0.2) is 83.8 Å². The van der Waals surface area contributed by atoms with Gasteiger partial charge in [-0.1, -0.05) is 36.4 Å². The highest BCUT2D eigenvalue weighted by Crippen LogP contribution is 2.28. The van der Waals surface area contributed by atoms with Crippen LogP contribution in [-0.4, -0.2) is 12.5 Å². The van der Waals surface area contributed by atoms with E-state index in [4.69, 9.17) is 0 Å². The Kier molecular flexibility index (Phi) is 4.93. The lowest BCUT2D eigenvalue weighted by molar-refractivity contribution is 0.0985. The van der Waals surface area contributed by atoms with Crippen LogP contribution in [0, 0.1) is 0 Å². The Bertz CT molecular complexity index is 894. The summed E-state index contributed by atoms with van der Waals surface area (Å²) in [5.41, 5.74) is 4.09. The topological polar surface area (TPSA) is 32.3 Å². The fourth-order valence-electron chi connectivity index (χ4n) is 3.19. The molecular weight excluding hydrogens is 340 g/mol. The van der Waals surface area contributed by atoms with Crippen LogP contribution in [-0.2, 0) is 6.42 Å². The Hall–Kier alpha value is -2.72. The number of carbonyl (C=O) groups is 1. The minimum absolute atomic E-state index is 0.0738. The summed E-state index contributed by atoms with van der Waals surface area (Å²) < 4.78 is 3.31. The summed E-state index contributed by atoms with van der Waals surface area (Å²) >= 11 is 1.54. The minimum atomic E-state index is 0.0738. The largest absolute Gasteiger partial charge is 0.326 e. The summed E-state index contributed by atoms with van der Waals surface area (Å²) in [5.74, 6) is 0.0738. The zero-order chi connectivity index (χ0) is 17.8. The van der Waals surface area contributed by atoms with E-state index in [1.807, 2.05) is 77.7 Å². The number of para-hydroxylation sites is 2. The van der Waals surface area contributed by atoms with E-state index in [1.165, 1.54) is 5.56 Å². The molecule has 1 amide bonds. The van der Waals surface area contributed by atoms with Crippen molar-refractivity contribution in [2.45, 2.75) is 17.7 Å². The summed E-state index contributed by atoms with van der Waals surface area (Å²) in [6, 6.07) is 26.0. The summed E-state index contributed by atoms with van der Waals surface area (Å²) in [4.78, 5) is 15.9. The number of anilines is 2. The smallest absolute Gasteiger partial charge is 0.258 e. The fourth-order valence-corrected chi connectivity index (χ4v) is 3.83. The van der Waals surface area contributed by atoms with Gasteiger partial charge >= 0.3 is 0 Å². The number of carbonyl (C=O) groups excluding carboxylic acids is 1. The highest BCUT2D eigenvalue weighted by Gasteiger charge is 2.23. The summed E-state index contributed by atoms with van der Waals surface area (Å²) in [6.07, 6.45) is 2.05. The predicted molar refractivity (Wildman–Crippen MR) is 109 cm³/mol. The molecule has 0 saturated heterocycles. The molecule has 0 spiro atoms. The molecule has 1 heterocycles. The summed E-state index contributed by atoms with van der Waals surface area (Å²) in [5, 5.41) is 0. The first kappa shape index (κ1) is 16.7. The highest BCUT2D eigenvalue weighted by molar-refractivity contribution is 8.00. The molecule has 0 aliphatic carbocycles. The normalized spacial score (nSPS) is 13.2. The number of nitrogens with one attached hydrogen (secondary N) is 1. The maximum atomic E-state index is 13.0. The maximum Gasteiger partial charge on any atom is 0.258 e. The van der Waals surface area contributed by atoms with Gasteiger partial charge in [-0.2, -0.15) is 0 Å². The Morgan fingerprint density at radius 3 is 2.42 bits per heavy atom. The van der Waals surface area contributed by atoms with E-state index >= 15 is 0 Å². The molecule has 1 aliphatic heterocycles. The van der Waals surface area contributed by atoms with Gasteiger partial charge < -0.3 is 9.62 Å². The third-order valence-corrected chi connectivity index (χ3v) is 5.36. The van der Waals surface area contributed by atoms with Crippen molar-refractivity contribution >= 4 is 29.2 Å². The molecule has 0 radical (unpaired) electrons. The van der Waals surface area contributed by atoms with Gasteiger partial charge in [-0.25, -0.2) is 0 Å². The number of aryl methyl sites for hydroxylation is 1. The molecular formula is C22H20N2OS. The molecule has 1 N–H and O–H groups in total. The third kappa shape index (κ3) is 3.60. The van der Waals surface area contributed by atoms with Gasteiger partial charge in [0.15, 0.2) is 0 Å². The Morgan fingerprint density at radius 1 is 0.885 bits per heavy atom. The van der Waals surface area contributed by atoms with Crippen molar-refractivity contribution in [1.82, 2.24) is 0 Å². The van der Waals surface area contributed by atoms with Crippen LogP contribution in [0.2, 0.25) is 0 Å². The maximum absolute atomic E-state index is 13.0. The number of amides is 1. The van der Waals surface area contributed by atoms with Crippen LogP contribution >= 0.6 is 11.9 Å². The number of hydrogen-bond acceptors (Lipinski definition) is 3. The second-order valence-corrected chi connectivity index (χ2v) is 7.16. The first-order valence-corrected chi connectivity index (χ1v) is 9.61. The Balaban J connectivity index is 1.46.